The second kappa shape index (κ2) is 7.71. The van der Waals surface area contributed by atoms with E-state index in [1.807, 2.05) is 48.9 Å². The number of aryl methyl sites for hydroxylation is 1. The number of benzene rings is 1. The van der Waals surface area contributed by atoms with Crippen LogP contribution in [0.1, 0.15) is 27.3 Å². The minimum absolute atomic E-state index is 0.163. The molecule has 1 aromatic carbocycles. The maximum atomic E-state index is 13.2. The lowest BCUT2D eigenvalue weighted by molar-refractivity contribution is 0.0950. The van der Waals surface area contributed by atoms with Crippen LogP contribution in [0.15, 0.2) is 67.1 Å². The van der Waals surface area contributed by atoms with E-state index in [2.05, 4.69) is 15.4 Å². The number of hydrogen-bond donors (Lipinski definition) is 1. The highest BCUT2D eigenvalue weighted by Gasteiger charge is 2.16. The van der Waals surface area contributed by atoms with Crippen molar-refractivity contribution in [3.63, 3.8) is 0 Å². The van der Waals surface area contributed by atoms with Crippen LogP contribution in [0.25, 0.3) is 11.5 Å². The Balaban J connectivity index is 1.52. The van der Waals surface area contributed by atoms with Crippen LogP contribution in [-0.2, 0) is 6.54 Å². The molecule has 3 heterocycles. The van der Waals surface area contributed by atoms with Crippen LogP contribution in [-0.4, -0.2) is 25.2 Å². The third-order valence-corrected chi connectivity index (χ3v) is 4.76. The molecule has 0 unspecified atom stereocenters. The van der Waals surface area contributed by atoms with Crippen LogP contribution in [0.3, 0.4) is 0 Å². The van der Waals surface area contributed by atoms with Crippen molar-refractivity contribution in [2.24, 2.45) is 0 Å². The van der Waals surface area contributed by atoms with Crippen LogP contribution in [0.4, 0.5) is 4.39 Å². The third-order valence-electron chi connectivity index (χ3n) is 4.76. The van der Waals surface area contributed by atoms with Gasteiger partial charge in [0.25, 0.3) is 5.91 Å². The largest absolute Gasteiger partial charge is 0.348 e. The van der Waals surface area contributed by atoms with Gasteiger partial charge < -0.3 is 9.88 Å². The van der Waals surface area contributed by atoms with Crippen LogP contribution < -0.4 is 5.32 Å². The first-order chi connectivity index (χ1) is 14.0. The fraction of sp³-hybridized carbons (Fsp3) is 0.136. The number of nitrogens with zero attached hydrogens (tertiary/aromatic N) is 4. The lowest BCUT2D eigenvalue weighted by Gasteiger charge is -2.10. The molecular weight excluding hydrogens is 369 g/mol. The van der Waals surface area contributed by atoms with E-state index in [-0.39, 0.29) is 11.7 Å². The Morgan fingerprint density at radius 3 is 2.62 bits per heavy atom. The number of carbonyl (C=O) groups is 1. The second-order valence-corrected chi connectivity index (χ2v) is 6.75. The van der Waals surface area contributed by atoms with Gasteiger partial charge in [-0.15, -0.1) is 0 Å². The SMILES string of the molecule is Cc1cc(C(=O)NCc2ccnc(-n3cccn3)c2)c(C)n1-c1ccc(F)cc1. The Bertz CT molecular complexity index is 1150. The summed E-state index contributed by atoms with van der Waals surface area (Å²) in [5.41, 5.74) is 4.04. The molecule has 0 fully saturated rings. The molecule has 0 saturated heterocycles. The molecule has 6 nitrogen and oxygen atoms in total. The summed E-state index contributed by atoms with van der Waals surface area (Å²) in [5.74, 6) is 0.237. The van der Waals surface area contributed by atoms with Gasteiger partial charge in [-0.3, -0.25) is 4.79 Å². The molecule has 146 valence electrons. The first-order valence-electron chi connectivity index (χ1n) is 9.21. The van der Waals surface area contributed by atoms with E-state index in [9.17, 15) is 9.18 Å². The maximum Gasteiger partial charge on any atom is 0.253 e. The minimum atomic E-state index is -0.291. The summed E-state index contributed by atoms with van der Waals surface area (Å²) in [4.78, 5) is 17.1. The number of hydrogen-bond acceptors (Lipinski definition) is 3. The number of aromatic nitrogens is 4. The Kier molecular flexibility index (Phi) is 4.95. The normalized spacial score (nSPS) is 10.9. The van der Waals surface area contributed by atoms with Gasteiger partial charge in [0.2, 0.25) is 0 Å². The molecule has 0 atom stereocenters. The number of amides is 1. The molecule has 3 aromatic heterocycles. The summed E-state index contributed by atoms with van der Waals surface area (Å²) in [7, 11) is 0. The van der Waals surface area contributed by atoms with Gasteiger partial charge >= 0.3 is 0 Å². The Morgan fingerprint density at radius 2 is 1.90 bits per heavy atom. The highest BCUT2D eigenvalue weighted by atomic mass is 19.1. The third kappa shape index (κ3) is 3.80. The van der Waals surface area contributed by atoms with Crippen molar-refractivity contribution >= 4 is 5.91 Å². The first kappa shape index (κ1) is 18.6. The summed E-state index contributed by atoms with van der Waals surface area (Å²) in [6.45, 7) is 4.18. The first-order valence-corrected chi connectivity index (χ1v) is 9.21. The fourth-order valence-electron chi connectivity index (χ4n) is 3.36. The molecule has 0 spiro atoms. The van der Waals surface area contributed by atoms with Gasteiger partial charge in [0.1, 0.15) is 5.82 Å². The smallest absolute Gasteiger partial charge is 0.253 e. The minimum Gasteiger partial charge on any atom is -0.348 e. The van der Waals surface area contributed by atoms with Crippen LogP contribution in [0.2, 0.25) is 0 Å². The lowest BCUT2D eigenvalue weighted by Crippen LogP contribution is -2.23. The zero-order valence-corrected chi connectivity index (χ0v) is 16.1. The lowest BCUT2D eigenvalue weighted by atomic mass is 10.2. The van der Waals surface area contributed by atoms with Crippen molar-refractivity contribution in [1.29, 1.82) is 0 Å². The van der Waals surface area contributed by atoms with Crippen molar-refractivity contribution in [3.05, 3.63) is 95.5 Å². The maximum absolute atomic E-state index is 13.2. The van der Waals surface area contributed by atoms with E-state index in [1.165, 1.54) is 12.1 Å². The monoisotopic (exact) mass is 389 g/mol. The van der Waals surface area contributed by atoms with Crippen molar-refractivity contribution < 1.29 is 9.18 Å². The quantitative estimate of drug-likeness (QED) is 0.565. The molecule has 0 aliphatic heterocycles. The van der Waals surface area contributed by atoms with Gasteiger partial charge in [0.15, 0.2) is 5.82 Å². The van der Waals surface area contributed by atoms with Gasteiger partial charge in [-0.25, -0.2) is 14.1 Å². The van der Waals surface area contributed by atoms with Gasteiger partial charge in [-0.05, 0) is 67.9 Å². The van der Waals surface area contributed by atoms with Crippen molar-refractivity contribution in [2.45, 2.75) is 20.4 Å². The summed E-state index contributed by atoms with van der Waals surface area (Å²) < 4.78 is 16.8. The average molecular weight is 389 g/mol. The van der Waals surface area contributed by atoms with Gasteiger partial charge in [-0.1, -0.05) is 0 Å². The fourth-order valence-corrected chi connectivity index (χ4v) is 3.36. The number of carbonyl (C=O) groups excluding carboxylic acids is 1. The van der Waals surface area contributed by atoms with E-state index < -0.39 is 0 Å². The van der Waals surface area contributed by atoms with Crippen LogP contribution >= 0.6 is 0 Å². The zero-order valence-electron chi connectivity index (χ0n) is 16.1. The molecule has 0 aliphatic carbocycles. The summed E-state index contributed by atoms with van der Waals surface area (Å²) in [5, 5.41) is 7.13. The molecule has 1 N–H and O–H groups in total. The predicted octanol–water partition coefficient (Wildman–Crippen LogP) is 3.74. The number of rotatable bonds is 5. The number of pyridine rings is 1. The van der Waals surface area contributed by atoms with Crippen LogP contribution in [0, 0.1) is 19.7 Å². The van der Waals surface area contributed by atoms with Crippen molar-refractivity contribution in [2.75, 3.05) is 0 Å². The topological polar surface area (TPSA) is 64.7 Å². The van der Waals surface area contributed by atoms with Gasteiger partial charge in [0.05, 0.1) is 5.56 Å². The van der Waals surface area contributed by atoms with E-state index in [0.717, 1.165) is 22.6 Å². The number of nitrogens with one attached hydrogen (secondary N) is 1. The second-order valence-electron chi connectivity index (χ2n) is 6.75. The van der Waals surface area contributed by atoms with Crippen molar-refractivity contribution in [1.82, 2.24) is 24.6 Å². The molecule has 7 heteroatoms. The van der Waals surface area contributed by atoms with E-state index >= 15 is 0 Å². The highest BCUT2D eigenvalue weighted by Crippen LogP contribution is 2.21. The van der Waals surface area contributed by atoms with Crippen molar-refractivity contribution in [3.8, 4) is 11.5 Å². The van der Waals surface area contributed by atoms with Gasteiger partial charge in [-0.2, -0.15) is 5.10 Å². The predicted molar refractivity (Wildman–Crippen MR) is 108 cm³/mol. The standard InChI is InChI=1S/C22H20FN5O/c1-15-12-20(16(2)28(15)19-6-4-18(23)5-7-19)22(29)25-14-17-8-10-24-21(13-17)27-11-3-9-26-27/h3-13H,14H2,1-2H3,(H,25,29). The van der Waals surface area contributed by atoms with Crippen LogP contribution in [0.5, 0.6) is 0 Å². The molecular formula is C22H20FN5O. The average Bonchev–Trinajstić information content (AvgIpc) is 3.36. The number of halogens is 1. The highest BCUT2D eigenvalue weighted by molar-refractivity contribution is 5.95. The Hall–Kier alpha value is -3.74. The molecule has 0 bridgehead atoms. The molecule has 4 aromatic rings. The molecule has 1 amide bonds. The molecule has 0 radical (unpaired) electrons. The molecule has 0 aliphatic rings. The van der Waals surface area contributed by atoms with E-state index in [1.54, 1.807) is 29.2 Å². The molecule has 29 heavy (non-hydrogen) atoms. The zero-order chi connectivity index (χ0) is 20.4. The summed E-state index contributed by atoms with van der Waals surface area (Å²) in [6.07, 6.45) is 5.20. The summed E-state index contributed by atoms with van der Waals surface area (Å²) >= 11 is 0. The van der Waals surface area contributed by atoms with E-state index in [0.29, 0.717) is 17.9 Å². The van der Waals surface area contributed by atoms with Gasteiger partial charge in [0, 0.05) is 42.2 Å². The molecule has 0 saturated carbocycles. The summed E-state index contributed by atoms with van der Waals surface area (Å²) in [6, 6.07) is 13.6. The molecule has 4 rings (SSSR count). The Morgan fingerprint density at radius 1 is 1.10 bits per heavy atom. The van der Waals surface area contributed by atoms with E-state index in [4.69, 9.17) is 0 Å². The Labute approximate surface area is 167 Å².